The number of alkyl halides is 2. The van der Waals surface area contributed by atoms with Crippen molar-refractivity contribution >= 4 is 10.0 Å². The third-order valence-corrected chi connectivity index (χ3v) is 4.99. The van der Waals surface area contributed by atoms with Crippen molar-refractivity contribution in [2.45, 2.75) is 45.6 Å². The average Bonchev–Trinajstić information content (AvgIpc) is 2.52. The van der Waals surface area contributed by atoms with Crippen molar-refractivity contribution in [3.8, 4) is 0 Å². The van der Waals surface area contributed by atoms with E-state index < -0.39 is 23.0 Å². The lowest BCUT2D eigenvalue weighted by Crippen LogP contribution is -2.32. The fourth-order valence-electron chi connectivity index (χ4n) is 2.03. The topological polar surface area (TPSA) is 55.2 Å². The van der Waals surface area contributed by atoms with E-state index in [4.69, 9.17) is 0 Å². The summed E-state index contributed by atoms with van der Waals surface area (Å²) in [7, 11) is -2.79. The molecule has 8 heteroatoms. The molecule has 0 fully saturated rings. The van der Waals surface area contributed by atoms with E-state index in [2.05, 4.69) is 5.10 Å². The van der Waals surface area contributed by atoms with Crippen LogP contribution in [0.15, 0.2) is 4.90 Å². The maximum atomic E-state index is 12.4. The van der Waals surface area contributed by atoms with Gasteiger partial charge in [-0.05, 0) is 19.8 Å². The number of hydrogen-bond donors (Lipinski definition) is 0. The number of aromatic nitrogens is 2. The second-order valence-corrected chi connectivity index (χ2v) is 7.23. The molecule has 0 saturated carbocycles. The van der Waals surface area contributed by atoms with Crippen molar-refractivity contribution in [3.05, 3.63) is 11.4 Å². The second-order valence-electron chi connectivity index (χ2n) is 5.25. The van der Waals surface area contributed by atoms with Gasteiger partial charge in [-0.25, -0.2) is 17.2 Å². The molecule has 0 radical (unpaired) electrons. The SMILES string of the molecule is Cc1nn(CC(C)C)c(C)c1S(=O)(=O)N(C)CC(F)F. The molecule has 1 rings (SSSR count). The molecule has 0 saturated heterocycles. The summed E-state index contributed by atoms with van der Waals surface area (Å²) >= 11 is 0. The Morgan fingerprint density at radius 2 is 1.85 bits per heavy atom. The van der Waals surface area contributed by atoms with Crippen LogP contribution in [0.3, 0.4) is 0 Å². The van der Waals surface area contributed by atoms with E-state index in [1.807, 2.05) is 13.8 Å². The summed E-state index contributed by atoms with van der Waals surface area (Å²) in [6.07, 6.45) is -2.71. The first-order valence-corrected chi connectivity index (χ1v) is 7.79. The molecule has 5 nitrogen and oxygen atoms in total. The Morgan fingerprint density at radius 3 is 2.30 bits per heavy atom. The van der Waals surface area contributed by atoms with E-state index in [0.717, 1.165) is 7.05 Å². The summed E-state index contributed by atoms with van der Waals surface area (Å²) < 4.78 is 51.7. The molecule has 0 aliphatic carbocycles. The zero-order valence-corrected chi connectivity index (χ0v) is 13.2. The minimum atomic E-state index is -3.94. The molecule has 0 aromatic carbocycles. The minimum absolute atomic E-state index is 0.0290. The van der Waals surface area contributed by atoms with Crippen molar-refractivity contribution in [2.75, 3.05) is 13.6 Å². The first-order valence-electron chi connectivity index (χ1n) is 6.35. The Morgan fingerprint density at radius 1 is 1.30 bits per heavy atom. The number of nitrogens with zero attached hydrogens (tertiary/aromatic N) is 3. The fourth-order valence-corrected chi connectivity index (χ4v) is 3.54. The van der Waals surface area contributed by atoms with Gasteiger partial charge in [-0.2, -0.15) is 9.40 Å². The molecule has 0 spiro atoms. The number of halogens is 2. The Kier molecular flexibility index (Phi) is 5.26. The Balaban J connectivity index is 3.22. The van der Waals surface area contributed by atoms with Gasteiger partial charge in [0.25, 0.3) is 6.43 Å². The van der Waals surface area contributed by atoms with E-state index in [0.29, 0.717) is 28.2 Å². The first kappa shape index (κ1) is 17.0. The predicted molar refractivity (Wildman–Crippen MR) is 72.4 cm³/mol. The monoisotopic (exact) mass is 309 g/mol. The van der Waals surface area contributed by atoms with Gasteiger partial charge in [0.15, 0.2) is 0 Å². The van der Waals surface area contributed by atoms with Gasteiger partial charge in [0.1, 0.15) is 4.90 Å². The molecule has 0 aliphatic rings. The Hall–Kier alpha value is -1.02. The van der Waals surface area contributed by atoms with Crippen LogP contribution in [0.1, 0.15) is 25.2 Å². The van der Waals surface area contributed by atoms with Gasteiger partial charge >= 0.3 is 0 Å². The van der Waals surface area contributed by atoms with Crippen molar-refractivity contribution in [1.29, 1.82) is 0 Å². The number of rotatable bonds is 6. The van der Waals surface area contributed by atoms with Crippen LogP contribution in [0.4, 0.5) is 8.78 Å². The van der Waals surface area contributed by atoms with Gasteiger partial charge in [-0.15, -0.1) is 0 Å². The summed E-state index contributed by atoms with van der Waals surface area (Å²) in [5.74, 6) is 0.308. The molecule has 20 heavy (non-hydrogen) atoms. The van der Waals surface area contributed by atoms with Crippen LogP contribution in [0.5, 0.6) is 0 Å². The lowest BCUT2D eigenvalue weighted by molar-refractivity contribution is 0.126. The third kappa shape index (κ3) is 3.54. The van der Waals surface area contributed by atoms with E-state index in [-0.39, 0.29) is 4.90 Å². The number of sulfonamides is 1. The van der Waals surface area contributed by atoms with Crippen molar-refractivity contribution < 1.29 is 17.2 Å². The van der Waals surface area contributed by atoms with Crippen LogP contribution < -0.4 is 0 Å². The zero-order chi connectivity index (χ0) is 15.7. The highest BCUT2D eigenvalue weighted by molar-refractivity contribution is 7.89. The molecule has 0 bridgehead atoms. The van der Waals surface area contributed by atoms with Crippen LogP contribution >= 0.6 is 0 Å². The Bertz CT molecular complexity index is 568. The highest BCUT2D eigenvalue weighted by Crippen LogP contribution is 2.23. The molecule has 1 aromatic heterocycles. The summed E-state index contributed by atoms with van der Waals surface area (Å²) in [5.41, 5.74) is 0.821. The van der Waals surface area contributed by atoms with Gasteiger partial charge in [0.05, 0.1) is 17.9 Å². The standard InChI is InChI=1S/C12H21F2N3O2S/c1-8(2)6-17-10(4)12(9(3)15-17)20(18,19)16(5)7-11(13)14/h8,11H,6-7H2,1-5H3. The molecule has 0 unspecified atom stereocenters. The van der Waals surface area contributed by atoms with Crippen molar-refractivity contribution in [1.82, 2.24) is 14.1 Å². The third-order valence-electron chi connectivity index (χ3n) is 2.92. The largest absolute Gasteiger partial charge is 0.268 e. The molecular weight excluding hydrogens is 288 g/mol. The van der Waals surface area contributed by atoms with E-state index in [1.54, 1.807) is 18.5 Å². The molecule has 0 N–H and O–H groups in total. The summed E-state index contributed by atoms with van der Waals surface area (Å²) in [6, 6.07) is 0. The van der Waals surface area contributed by atoms with E-state index in [9.17, 15) is 17.2 Å². The van der Waals surface area contributed by atoms with Crippen LogP contribution in [-0.2, 0) is 16.6 Å². The summed E-state index contributed by atoms with van der Waals surface area (Å²) in [4.78, 5) is 0.0290. The second kappa shape index (κ2) is 6.17. The van der Waals surface area contributed by atoms with Gasteiger partial charge in [-0.3, -0.25) is 4.68 Å². The molecule has 1 aromatic rings. The van der Waals surface area contributed by atoms with Crippen molar-refractivity contribution in [2.24, 2.45) is 5.92 Å². The van der Waals surface area contributed by atoms with E-state index >= 15 is 0 Å². The molecule has 0 atom stereocenters. The quantitative estimate of drug-likeness (QED) is 0.808. The number of aryl methyl sites for hydroxylation is 1. The highest BCUT2D eigenvalue weighted by atomic mass is 32.2. The van der Waals surface area contributed by atoms with Crippen LogP contribution in [0.25, 0.3) is 0 Å². The average molecular weight is 309 g/mol. The maximum absolute atomic E-state index is 12.4. The minimum Gasteiger partial charge on any atom is -0.268 e. The van der Waals surface area contributed by atoms with Gasteiger partial charge in [-0.1, -0.05) is 13.8 Å². The lowest BCUT2D eigenvalue weighted by Gasteiger charge is -2.17. The van der Waals surface area contributed by atoms with Gasteiger partial charge in [0.2, 0.25) is 10.0 Å². The molecular formula is C12H21F2N3O2S. The van der Waals surface area contributed by atoms with Crippen LogP contribution in [0.2, 0.25) is 0 Å². The normalized spacial score (nSPS) is 12.9. The lowest BCUT2D eigenvalue weighted by atomic mass is 10.2. The number of hydrogen-bond acceptors (Lipinski definition) is 3. The van der Waals surface area contributed by atoms with E-state index in [1.165, 1.54) is 0 Å². The smallest absolute Gasteiger partial charge is 0.252 e. The van der Waals surface area contributed by atoms with Crippen molar-refractivity contribution in [3.63, 3.8) is 0 Å². The van der Waals surface area contributed by atoms with Gasteiger partial charge < -0.3 is 0 Å². The van der Waals surface area contributed by atoms with Crippen LogP contribution in [0, 0.1) is 19.8 Å². The molecule has 1 heterocycles. The summed E-state index contributed by atoms with van der Waals surface area (Å²) in [5, 5.41) is 4.20. The Labute approximate surface area is 118 Å². The van der Waals surface area contributed by atoms with Gasteiger partial charge in [0, 0.05) is 13.6 Å². The van der Waals surface area contributed by atoms with Crippen LogP contribution in [-0.4, -0.2) is 42.5 Å². The summed E-state index contributed by atoms with van der Waals surface area (Å²) in [6.45, 7) is 6.97. The zero-order valence-electron chi connectivity index (χ0n) is 12.4. The molecule has 0 aliphatic heterocycles. The predicted octanol–water partition coefficient (Wildman–Crippen LogP) is 2.04. The highest BCUT2D eigenvalue weighted by Gasteiger charge is 2.30. The molecule has 0 amide bonds. The fraction of sp³-hybridized carbons (Fsp3) is 0.750. The molecule has 116 valence electrons. The first-order chi connectivity index (χ1) is 9.07. The maximum Gasteiger partial charge on any atom is 0.252 e.